The molecule has 0 amide bonds. The van der Waals surface area contributed by atoms with E-state index in [-0.39, 0.29) is 0 Å². The van der Waals surface area contributed by atoms with Gasteiger partial charge in [0.1, 0.15) is 0 Å². The van der Waals surface area contributed by atoms with Crippen LogP contribution < -0.4 is 0 Å². The monoisotopic (exact) mass is 128 g/mol. The first kappa shape index (κ1) is 5.23. The highest BCUT2D eigenvalue weighted by Gasteiger charge is 2.32. The lowest BCUT2D eigenvalue weighted by molar-refractivity contribution is 0.372. The van der Waals surface area contributed by atoms with Crippen LogP contribution >= 0.6 is 8.58 Å². The topological polar surface area (TPSA) is 0 Å². The van der Waals surface area contributed by atoms with E-state index in [2.05, 4.69) is 0 Å². The lowest BCUT2D eigenvalue weighted by Crippen LogP contribution is -2.31. The van der Waals surface area contributed by atoms with E-state index in [0.717, 1.165) is 0 Å². The van der Waals surface area contributed by atoms with Crippen molar-refractivity contribution in [1.29, 1.82) is 0 Å². The van der Waals surface area contributed by atoms with Crippen LogP contribution in [0.5, 0.6) is 0 Å². The first-order valence-electron chi connectivity index (χ1n) is 3.70. The molecule has 3 unspecified atom stereocenters. The zero-order chi connectivity index (χ0) is 5.40. The Labute approximate surface area is 52.8 Å². The smallest absolute Gasteiger partial charge is 0.0205 e. The number of fused-ring (bicyclic) bond motifs is 1. The molecule has 0 aromatic carbocycles. The minimum atomic E-state index is 1.20. The fourth-order valence-corrected chi connectivity index (χ4v) is 3.54. The Morgan fingerprint density at radius 1 is 1.12 bits per heavy atom. The molecule has 0 spiro atoms. The summed E-state index contributed by atoms with van der Waals surface area (Å²) in [5.74, 6) is 1.20. The molecule has 2 aliphatic rings. The molecular formula is C7H13P. The summed E-state index contributed by atoms with van der Waals surface area (Å²) in [6.45, 7) is 0. The third-order valence-corrected chi connectivity index (χ3v) is 4.60. The van der Waals surface area contributed by atoms with Crippen molar-refractivity contribution in [2.45, 2.75) is 31.3 Å². The van der Waals surface area contributed by atoms with E-state index in [1.54, 1.807) is 19.0 Å². The summed E-state index contributed by atoms with van der Waals surface area (Å²) in [5, 5.41) is 0. The van der Waals surface area contributed by atoms with Gasteiger partial charge in [-0.05, 0) is 30.6 Å². The zero-order valence-corrected chi connectivity index (χ0v) is 6.19. The van der Waals surface area contributed by atoms with Crippen molar-refractivity contribution in [3.63, 3.8) is 0 Å². The highest BCUT2D eigenvalue weighted by molar-refractivity contribution is 7.40. The maximum Gasteiger partial charge on any atom is -0.0205 e. The van der Waals surface area contributed by atoms with Crippen LogP contribution in [0.2, 0.25) is 0 Å². The summed E-state index contributed by atoms with van der Waals surface area (Å²) in [5.41, 5.74) is 1.21. The third-order valence-electron chi connectivity index (χ3n) is 2.55. The minimum absolute atomic E-state index is 1.20. The van der Waals surface area contributed by atoms with E-state index in [9.17, 15) is 0 Å². The Balaban J connectivity index is 1.92. The standard InChI is InChI=1S/C7H13P/c1-2-4-7-6(3-1)5-8-7/h6-8H,1-5H2. The summed E-state index contributed by atoms with van der Waals surface area (Å²) >= 11 is 0. The Kier molecular flexibility index (Phi) is 1.30. The average Bonchev–Trinajstić information content (AvgIpc) is 1.72. The second-order valence-corrected chi connectivity index (χ2v) is 4.62. The van der Waals surface area contributed by atoms with Crippen LogP contribution in [0.25, 0.3) is 0 Å². The zero-order valence-electron chi connectivity index (χ0n) is 5.19. The maximum atomic E-state index is 1.59. The van der Waals surface area contributed by atoms with Gasteiger partial charge in [-0.1, -0.05) is 12.8 Å². The van der Waals surface area contributed by atoms with Crippen LogP contribution in [-0.4, -0.2) is 11.8 Å². The molecule has 0 aromatic heterocycles. The van der Waals surface area contributed by atoms with Crippen LogP contribution in [0.3, 0.4) is 0 Å². The average molecular weight is 128 g/mol. The third kappa shape index (κ3) is 0.702. The lowest BCUT2D eigenvalue weighted by Gasteiger charge is -2.40. The molecule has 0 aromatic rings. The molecule has 0 bridgehead atoms. The molecule has 0 N–H and O–H groups in total. The van der Waals surface area contributed by atoms with Crippen molar-refractivity contribution in [3.05, 3.63) is 0 Å². The SMILES string of the molecule is C1CCC2PCC2C1. The lowest BCUT2D eigenvalue weighted by atomic mass is 9.89. The van der Waals surface area contributed by atoms with Gasteiger partial charge in [-0.15, -0.1) is 8.58 Å². The molecule has 2 fully saturated rings. The van der Waals surface area contributed by atoms with Crippen molar-refractivity contribution in [3.8, 4) is 0 Å². The van der Waals surface area contributed by atoms with Crippen LogP contribution in [0.4, 0.5) is 0 Å². The van der Waals surface area contributed by atoms with E-state index < -0.39 is 0 Å². The van der Waals surface area contributed by atoms with Gasteiger partial charge in [0.05, 0.1) is 0 Å². The second-order valence-electron chi connectivity index (χ2n) is 3.06. The van der Waals surface area contributed by atoms with Gasteiger partial charge in [0.15, 0.2) is 0 Å². The molecule has 8 heavy (non-hydrogen) atoms. The molecule has 1 heterocycles. The van der Waals surface area contributed by atoms with Crippen LogP contribution in [0, 0.1) is 5.92 Å². The predicted molar refractivity (Wildman–Crippen MR) is 38.9 cm³/mol. The van der Waals surface area contributed by atoms with E-state index >= 15 is 0 Å². The molecular weight excluding hydrogens is 115 g/mol. The van der Waals surface area contributed by atoms with Crippen molar-refractivity contribution < 1.29 is 0 Å². The fourth-order valence-electron chi connectivity index (χ4n) is 1.86. The van der Waals surface area contributed by atoms with Gasteiger partial charge in [-0.3, -0.25) is 0 Å². The Morgan fingerprint density at radius 2 is 2.00 bits per heavy atom. The van der Waals surface area contributed by atoms with E-state index in [0.29, 0.717) is 0 Å². The Bertz CT molecular complexity index is 78.4. The van der Waals surface area contributed by atoms with Crippen LogP contribution in [0.1, 0.15) is 25.7 Å². The first-order valence-corrected chi connectivity index (χ1v) is 4.98. The van der Waals surface area contributed by atoms with Crippen molar-refractivity contribution in [1.82, 2.24) is 0 Å². The molecule has 1 aliphatic carbocycles. The molecule has 1 saturated heterocycles. The molecule has 46 valence electrons. The molecule has 0 nitrogen and oxygen atoms in total. The van der Waals surface area contributed by atoms with Gasteiger partial charge in [0.2, 0.25) is 0 Å². The molecule has 3 atom stereocenters. The molecule has 1 saturated carbocycles. The number of rotatable bonds is 0. The van der Waals surface area contributed by atoms with Gasteiger partial charge in [-0.2, -0.15) is 0 Å². The normalized spacial score (nSPS) is 48.0. The molecule has 0 radical (unpaired) electrons. The van der Waals surface area contributed by atoms with E-state index in [4.69, 9.17) is 0 Å². The summed E-state index contributed by atoms with van der Waals surface area (Å²) in [4.78, 5) is 0. The number of hydrogen-bond acceptors (Lipinski definition) is 0. The summed E-state index contributed by atoms with van der Waals surface area (Å²) < 4.78 is 0. The second kappa shape index (κ2) is 1.99. The molecule has 1 heteroatoms. The van der Waals surface area contributed by atoms with Gasteiger partial charge < -0.3 is 0 Å². The van der Waals surface area contributed by atoms with Gasteiger partial charge in [0.25, 0.3) is 0 Å². The van der Waals surface area contributed by atoms with E-state index in [1.165, 1.54) is 33.0 Å². The first-order chi connectivity index (χ1) is 3.97. The minimum Gasteiger partial charge on any atom is -0.118 e. The fraction of sp³-hybridized carbons (Fsp3) is 1.00. The highest BCUT2D eigenvalue weighted by atomic mass is 31.1. The Morgan fingerprint density at radius 3 is 2.38 bits per heavy atom. The van der Waals surface area contributed by atoms with Crippen molar-refractivity contribution >= 4 is 8.58 Å². The largest absolute Gasteiger partial charge is 0.118 e. The highest BCUT2D eigenvalue weighted by Crippen LogP contribution is 2.48. The predicted octanol–water partition coefficient (Wildman–Crippen LogP) is 2.24. The molecule has 1 aliphatic heterocycles. The maximum absolute atomic E-state index is 1.59. The van der Waals surface area contributed by atoms with E-state index in [1.807, 2.05) is 0 Å². The van der Waals surface area contributed by atoms with Crippen LogP contribution in [-0.2, 0) is 0 Å². The van der Waals surface area contributed by atoms with Crippen molar-refractivity contribution in [2.24, 2.45) is 5.92 Å². The van der Waals surface area contributed by atoms with Crippen molar-refractivity contribution in [2.75, 3.05) is 6.16 Å². The molecule has 2 rings (SSSR count). The van der Waals surface area contributed by atoms with Gasteiger partial charge in [0, 0.05) is 0 Å². The number of hydrogen-bond donors (Lipinski definition) is 0. The van der Waals surface area contributed by atoms with Crippen LogP contribution in [0.15, 0.2) is 0 Å². The summed E-state index contributed by atoms with van der Waals surface area (Å²) in [6, 6.07) is 0. The Hall–Kier alpha value is 0.430. The van der Waals surface area contributed by atoms with Gasteiger partial charge in [-0.25, -0.2) is 0 Å². The summed E-state index contributed by atoms with van der Waals surface area (Å²) in [6.07, 6.45) is 7.80. The summed E-state index contributed by atoms with van der Waals surface area (Å²) in [7, 11) is 1.35. The van der Waals surface area contributed by atoms with Gasteiger partial charge >= 0.3 is 0 Å². The quantitative estimate of drug-likeness (QED) is 0.439.